The summed E-state index contributed by atoms with van der Waals surface area (Å²) in [6.45, 7) is 6.71. The van der Waals surface area contributed by atoms with Crippen molar-refractivity contribution in [3.8, 4) is 0 Å². The number of sulfone groups is 1. The number of halogens is 1. The predicted octanol–water partition coefficient (Wildman–Crippen LogP) is 6.24. The van der Waals surface area contributed by atoms with Crippen molar-refractivity contribution in [1.29, 1.82) is 0 Å². The molecular weight excluding hydrogens is 496 g/mol. The smallest absolute Gasteiger partial charge is 0.287 e. The lowest BCUT2D eigenvalue weighted by atomic mass is 9.98. The lowest BCUT2D eigenvalue weighted by molar-refractivity contribution is 0.0900. The molecule has 0 saturated carbocycles. The van der Waals surface area contributed by atoms with Crippen molar-refractivity contribution in [3.05, 3.63) is 82.6 Å². The first-order valence-electron chi connectivity index (χ1n) is 12.5. The zero-order chi connectivity index (χ0) is 25.7. The summed E-state index contributed by atoms with van der Waals surface area (Å²) in [4.78, 5) is 15.5. The van der Waals surface area contributed by atoms with Gasteiger partial charge in [-0.2, -0.15) is 0 Å². The molecule has 1 saturated heterocycles. The van der Waals surface area contributed by atoms with E-state index in [1.54, 1.807) is 0 Å². The Labute approximate surface area is 218 Å². The Hall–Kier alpha value is -2.61. The topological polar surface area (TPSA) is 79.6 Å². The summed E-state index contributed by atoms with van der Waals surface area (Å²) in [5.41, 5.74) is 2.44. The van der Waals surface area contributed by atoms with Crippen molar-refractivity contribution in [2.75, 3.05) is 19.6 Å². The SMILES string of the molecule is CC(C)c1ccc(C(CNC(=O)c2ccc(S(=O)(=O)c3ccc(Cl)cc3)o2)N2CCCCCC2)cc1. The molecule has 4 rings (SSSR count). The second-order valence-electron chi connectivity index (χ2n) is 9.57. The van der Waals surface area contributed by atoms with Gasteiger partial charge in [-0.3, -0.25) is 9.69 Å². The van der Waals surface area contributed by atoms with Crippen LogP contribution < -0.4 is 5.32 Å². The number of likely N-dealkylation sites (tertiary alicyclic amines) is 1. The maximum Gasteiger partial charge on any atom is 0.287 e. The third-order valence-electron chi connectivity index (χ3n) is 6.72. The van der Waals surface area contributed by atoms with E-state index in [1.807, 2.05) is 0 Å². The molecule has 36 heavy (non-hydrogen) atoms. The summed E-state index contributed by atoms with van der Waals surface area (Å²) in [5.74, 6) is -0.0221. The number of carbonyl (C=O) groups is 1. The molecule has 0 radical (unpaired) electrons. The second kappa shape index (κ2) is 11.6. The maximum absolute atomic E-state index is 13.0. The van der Waals surface area contributed by atoms with Crippen LogP contribution in [0, 0.1) is 0 Å². The van der Waals surface area contributed by atoms with E-state index in [-0.39, 0.29) is 21.8 Å². The molecule has 0 aliphatic carbocycles. The Morgan fingerprint density at radius 2 is 1.53 bits per heavy atom. The number of carbonyl (C=O) groups excluding carboxylic acids is 1. The summed E-state index contributed by atoms with van der Waals surface area (Å²) in [7, 11) is -3.89. The fraction of sp³-hybridized carbons (Fsp3) is 0.393. The molecule has 1 N–H and O–H groups in total. The van der Waals surface area contributed by atoms with Crippen LogP contribution in [0.15, 0.2) is 75.1 Å². The number of amides is 1. The zero-order valence-corrected chi connectivity index (χ0v) is 22.3. The number of nitrogens with zero attached hydrogens (tertiary/aromatic N) is 1. The van der Waals surface area contributed by atoms with Gasteiger partial charge in [0, 0.05) is 11.6 Å². The molecular formula is C28H33ClN2O4S. The van der Waals surface area contributed by atoms with Crippen molar-refractivity contribution in [1.82, 2.24) is 10.2 Å². The van der Waals surface area contributed by atoms with Gasteiger partial charge in [-0.15, -0.1) is 0 Å². The minimum atomic E-state index is -3.89. The summed E-state index contributed by atoms with van der Waals surface area (Å²) >= 11 is 5.87. The largest absolute Gasteiger partial charge is 0.439 e. The van der Waals surface area contributed by atoms with E-state index in [0.717, 1.165) is 31.5 Å². The maximum atomic E-state index is 13.0. The number of hydrogen-bond acceptors (Lipinski definition) is 5. The molecule has 1 aliphatic heterocycles. The molecule has 1 aliphatic rings. The van der Waals surface area contributed by atoms with E-state index < -0.39 is 15.7 Å². The van der Waals surface area contributed by atoms with Crippen LogP contribution in [0.4, 0.5) is 0 Å². The Balaban J connectivity index is 1.50. The molecule has 192 valence electrons. The predicted molar refractivity (Wildman–Crippen MR) is 141 cm³/mol. The van der Waals surface area contributed by atoms with E-state index in [4.69, 9.17) is 16.0 Å². The first kappa shape index (κ1) is 26.5. The molecule has 2 aromatic carbocycles. The molecule has 3 aromatic rings. The van der Waals surface area contributed by atoms with Crippen molar-refractivity contribution in [3.63, 3.8) is 0 Å². The lowest BCUT2D eigenvalue weighted by Gasteiger charge is -2.31. The Morgan fingerprint density at radius 3 is 2.14 bits per heavy atom. The van der Waals surface area contributed by atoms with Crippen molar-refractivity contribution in [2.24, 2.45) is 0 Å². The van der Waals surface area contributed by atoms with Gasteiger partial charge in [0.2, 0.25) is 14.9 Å². The van der Waals surface area contributed by atoms with Crippen LogP contribution in [-0.2, 0) is 9.84 Å². The molecule has 1 atom stereocenters. The summed E-state index contributed by atoms with van der Waals surface area (Å²) < 4.78 is 31.2. The van der Waals surface area contributed by atoms with E-state index in [0.29, 0.717) is 17.5 Å². The molecule has 1 unspecified atom stereocenters. The molecule has 0 bridgehead atoms. The molecule has 1 fully saturated rings. The first-order chi connectivity index (χ1) is 17.3. The van der Waals surface area contributed by atoms with Crippen molar-refractivity contribution in [2.45, 2.75) is 61.5 Å². The Morgan fingerprint density at radius 1 is 0.917 bits per heavy atom. The number of hydrogen-bond donors (Lipinski definition) is 1. The van der Waals surface area contributed by atoms with E-state index >= 15 is 0 Å². The quantitative estimate of drug-likeness (QED) is 0.374. The fourth-order valence-corrected chi connectivity index (χ4v) is 5.86. The zero-order valence-electron chi connectivity index (χ0n) is 20.7. The Bertz CT molecular complexity index is 1260. The van der Waals surface area contributed by atoms with Crippen LogP contribution in [0.3, 0.4) is 0 Å². The lowest BCUT2D eigenvalue weighted by Crippen LogP contribution is -2.38. The van der Waals surface area contributed by atoms with Crippen LogP contribution in [0.5, 0.6) is 0 Å². The average molecular weight is 529 g/mol. The van der Waals surface area contributed by atoms with Crippen LogP contribution in [-0.4, -0.2) is 38.9 Å². The minimum Gasteiger partial charge on any atom is -0.439 e. The van der Waals surface area contributed by atoms with Crippen LogP contribution in [0.25, 0.3) is 0 Å². The third-order valence-corrected chi connectivity index (χ3v) is 8.61. The van der Waals surface area contributed by atoms with Gasteiger partial charge in [0.05, 0.1) is 10.9 Å². The highest BCUT2D eigenvalue weighted by atomic mass is 35.5. The number of nitrogens with one attached hydrogen (secondary N) is 1. The highest BCUT2D eigenvalue weighted by Crippen LogP contribution is 2.27. The highest BCUT2D eigenvalue weighted by molar-refractivity contribution is 7.91. The summed E-state index contributed by atoms with van der Waals surface area (Å²) in [6.07, 6.45) is 4.72. The third kappa shape index (κ3) is 6.20. The number of benzene rings is 2. The molecule has 8 heteroatoms. The van der Waals surface area contributed by atoms with Gasteiger partial charge in [-0.05, 0) is 79.4 Å². The Kier molecular flexibility index (Phi) is 8.54. The molecule has 2 heterocycles. The van der Waals surface area contributed by atoms with Gasteiger partial charge in [0.15, 0.2) is 5.76 Å². The second-order valence-corrected chi connectivity index (χ2v) is 11.9. The van der Waals surface area contributed by atoms with Crippen molar-refractivity contribution < 1.29 is 17.6 Å². The number of furan rings is 1. The van der Waals surface area contributed by atoms with Crippen LogP contribution >= 0.6 is 11.6 Å². The van der Waals surface area contributed by atoms with Crippen molar-refractivity contribution >= 4 is 27.3 Å². The van der Waals surface area contributed by atoms with Gasteiger partial charge in [0.25, 0.3) is 5.91 Å². The van der Waals surface area contributed by atoms with Crippen LogP contribution in [0.1, 0.15) is 73.2 Å². The van der Waals surface area contributed by atoms with Gasteiger partial charge in [-0.1, -0.05) is 62.6 Å². The molecule has 1 aromatic heterocycles. The van der Waals surface area contributed by atoms with Gasteiger partial charge < -0.3 is 9.73 Å². The van der Waals surface area contributed by atoms with E-state index in [1.165, 1.54) is 54.8 Å². The van der Waals surface area contributed by atoms with Gasteiger partial charge in [-0.25, -0.2) is 8.42 Å². The van der Waals surface area contributed by atoms with Crippen LogP contribution in [0.2, 0.25) is 5.02 Å². The fourth-order valence-electron chi connectivity index (χ4n) is 4.56. The van der Waals surface area contributed by atoms with E-state index in [9.17, 15) is 13.2 Å². The standard InChI is InChI=1S/C28H33ClN2O4S/c1-20(2)21-7-9-22(10-8-21)25(31-17-5-3-4-6-18-31)19-30-28(32)26-15-16-27(35-26)36(33,34)24-13-11-23(29)12-14-24/h7-16,20,25H,3-6,17-19H2,1-2H3,(H,30,32). The monoisotopic (exact) mass is 528 g/mol. The summed E-state index contributed by atoms with van der Waals surface area (Å²) in [6, 6.07) is 17.2. The number of rotatable bonds is 8. The van der Waals surface area contributed by atoms with Gasteiger partial charge >= 0.3 is 0 Å². The highest BCUT2D eigenvalue weighted by Gasteiger charge is 2.26. The molecule has 6 nitrogen and oxygen atoms in total. The van der Waals surface area contributed by atoms with E-state index in [2.05, 4.69) is 48.3 Å². The normalized spacial score (nSPS) is 16.0. The average Bonchev–Trinajstić information content (AvgIpc) is 3.23. The summed E-state index contributed by atoms with van der Waals surface area (Å²) in [5, 5.41) is 3.14. The first-order valence-corrected chi connectivity index (χ1v) is 14.3. The molecule has 1 amide bonds. The minimum absolute atomic E-state index is 0.0282. The van der Waals surface area contributed by atoms with Gasteiger partial charge in [0.1, 0.15) is 0 Å². The molecule has 0 spiro atoms.